The van der Waals surface area contributed by atoms with Gasteiger partial charge < -0.3 is 10.6 Å². The lowest BCUT2D eigenvalue weighted by molar-refractivity contribution is 0.102. The number of fused-ring (bicyclic) bond motifs is 1. The van der Waals surface area contributed by atoms with Gasteiger partial charge in [-0.05, 0) is 54.1 Å². The number of hydrogen-bond acceptors (Lipinski definition) is 5. The maximum atomic E-state index is 12.4. The van der Waals surface area contributed by atoms with E-state index in [2.05, 4.69) is 20.2 Å². The maximum absolute atomic E-state index is 12.4. The standard InChI is InChI=1S/C15H18N4OS/c1-9(2)13-14(21-19-18-13)15(20)17-11-5-6-12-10(8-11)4-3-7-16-12/h5-6,8-9,16H,3-4,7H2,1-2H3,(H,17,20). The van der Waals surface area contributed by atoms with Gasteiger partial charge in [-0.3, -0.25) is 4.79 Å². The molecule has 5 nitrogen and oxygen atoms in total. The lowest BCUT2D eigenvalue weighted by Crippen LogP contribution is -2.15. The number of amides is 1. The Balaban J connectivity index is 1.80. The molecule has 2 heterocycles. The SMILES string of the molecule is CC(C)c1nnsc1C(=O)Nc1ccc2c(c1)CCCN2. The summed E-state index contributed by atoms with van der Waals surface area (Å²) in [7, 11) is 0. The van der Waals surface area contributed by atoms with Crippen molar-refractivity contribution in [3.8, 4) is 0 Å². The van der Waals surface area contributed by atoms with E-state index in [0.717, 1.165) is 42.3 Å². The van der Waals surface area contributed by atoms with Crippen LogP contribution in [0.15, 0.2) is 18.2 Å². The van der Waals surface area contributed by atoms with Crippen LogP contribution in [0.25, 0.3) is 0 Å². The highest BCUT2D eigenvalue weighted by Gasteiger charge is 2.19. The average Bonchev–Trinajstić information content (AvgIpc) is 2.97. The Labute approximate surface area is 127 Å². The quantitative estimate of drug-likeness (QED) is 0.913. The highest BCUT2D eigenvalue weighted by Crippen LogP contribution is 2.26. The summed E-state index contributed by atoms with van der Waals surface area (Å²) in [6.45, 7) is 5.04. The zero-order valence-corrected chi connectivity index (χ0v) is 13.0. The number of nitrogens with one attached hydrogen (secondary N) is 2. The molecule has 110 valence electrons. The molecule has 2 N–H and O–H groups in total. The zero-order valence-electron chi connectivity index (χ0n) is 12.1. The van der Waals surface area contributed by atoms with Crippen LogP contribution in [-0.4, -0.2) is 22.0 Å². The van der Waals surface area contributed by atoms with E-state index in [-0.39, 0.29) is 11.8 Å². The van der Waals surface area contributed by atoms with Gasteiger partial charge in [0.05, 0.1) is 5.69 Å². The molecule has 0 radical (unpaired) electrons. The number of aryl methyl sites for hydroxylation is 1. The van der Waals surface area contributed by atoms with Crippen molar-refractivity contribution >= 4 is 28.8 Å². The van der Waals surface area contributed by atoms with Crippen LogP contribution in [0.5, 0.6) is 0 Å². The molecule has 0 saturated heterocycles. The predicted molar refractivity (Wildman–Crippen MR) is 85.2 cm³/mol. The van der Waals surface area contributed by atoms with Crippen LogP contribution in [0.1, 0.15) is 47.1 Å². The van der Waals surface area contributed by atoms with E-state index < -0.39 is 0 Å². The van der Waals surface area contributed by atoms with Crippen LogP contribution in [-0.2, 0) is 6.42 Å². The highest BCUT2D eigenvalue weighted by atomic mass is 32.1. The third kappa shape index (κ3) is 2.90. The first-order valence-electron chi connectivity index (χ1n) is 7.15. The second kappa shape index (κ2) is 5.81. The van der Waals surface area contributed by atoms with Gasteiger partial charge in [0.2, 0.25) is 0 Å². The smallest absolute Gasteiger partial charge is 0.269 e. The Morgan fingerprint density at radius 3 is 3.10 bits per heavy atom. The van der Waals surface area contributed by atoms with Gasteiger partial charge in [0.15, 0.2) is 0 Å². The average molecular weight is 302 g/mol. The number of aromatic nitrogens is 2. The molecule has 1 aromatic carbocycles. The summed E-state index contributed by atoms with van der Waals surface area (Å²) in [5.74, 6) is 0.0645. The van der Waals surface area contributed by atoms with Gasteiger partial charge in [-0.25, -0.2) is 0 Å². The van der Waals surface area contributed by atoms with Crippen LogP contribution < -0.4 is 10.6 Å². The van der Waals surface area contributed by atoms with Crippen molar-refractivity contribution in [2.24, 2.45) is 0 Å². The minimum atomic E-state index is -0.127. The van der Waals surface area contributed by atoms with Gasteiger partial charge in [-0.1, -0.05) is 18.3 Å². The van der Waals surface area contributed by atoms with E-state index in [1.165, 1.54) is 11.3 Å². The van der Waals surface area contributed by atoms with Crippen LogP contribution in [0, 0.1) is 0 Å². The minimum Gasteiger partial charge on any atom is -0.385 e. The molecule has 1 aliphatic rings. The van der Waals surface area contributed by atoms with E-state index in [1.54, 1.807) is 0 Å². The van der Waals surface area contributed by atoms with E-state index >= 15 is 0 Å². The Morgan fingerprint density at radius 2 is 2.29 bits per heavy atom. The first-order chi connectivity index (χ1) is 10.1. The first-order valence-corrected chi connectivity index (χ1v) is 7.93. The molecule has 1 aromatic heterocycles. The number of benzene rings is 1. The molecule has 0 atom stereocenters. The Kier molecular flexibility index (Phi) is 3.88. The molecule has 1 aliphatic heterocycles. The van der Waals surface area contributed by atoms with Crippen LogP contribution in [0.3, 0.4) is 0 Å². The summed E-state index contributed by atoms with van der Waals surface area (Å²) >= 11 is 1.15. The summed E-state index contributed by atoms with van der Waals surface area (Å²) in [5, 5.41) is 10.4. The second-order valence-electron chi connectivity index (χ2n) is 5.50. The van der Waals surface area contributed by atoms with Crippen molar-refractivity contribution in [1.82, 2.24) is 9.59 Å². The summed E-state index contributed by atoms with van der Waals surface area (Å²) in [6.07, 6.45) is 2.17. The molecular weight excluding hydrogens is 284 g/mol. The fourth-order valence-electron chi connectivity index (χ4n) is 2.47. The topological polar surface area (TPSA) is 66.9 Å². The highest BCUT2D eigenvalue weighted by molar-refractivity contribution is 7.08. The molecular formula is C15H18N4OS. The van der Waals surface area contributed by atoms with Crippen LogP contribution in [0.4, 0.5) is 11.4 Å². The molecule has 2 aromatic rings. The monoisotopic (exact) mass is 302 g/mol. The van der Waals surface area contributed by atoms with Crippen LogP contribution >= 0.6 is 11.5 Å². The van der Waals surface area contributed by atoms with Gasteiger partial charge >= 0.3 is 0 Å². The predicted octanol–water partition coefficient (Wildman–Crippen LogP) is 3.27. The fourth-order valence-corrected chi connectivity index (χ4v) is 3.19. The zero-order chi connectivity index (χ0) is 14.8. The van der Waals surface area contributed by atoms with Crippen LogP contribution in [0.2, 0.25) is 0 Å². The third-order valence-electron chi connectivity index (χ3n) is 3.57. The number of rotatable bonds is 3. The Bertz CT molecular complexity index is 665. The fraction of sp³-hybridized carbons (Fsp3) is 0.400. The van der Waals surface area contributed by atoms with Gasteiger partial charge in [-0.15, -0.1) is 5.10 Å². The molecule has 6 heteroatoms. The molecule has 1 amide bonds. The molecule has 3 rings (SSSR count). The number of carbonyl (C=O) groups excluding carboxylic acids is 1. The van der Waals surface area contributed by atoms with E-state index in [0.29, 0.717) is 4.88 Å². The maximum Gasteiger partial charge on any atom is 0.269 e. The molecule has 0 unspecified atom stereocenters. The third-order valence-corrected chi connectivity index (χ3v) is 4.31. The summed E-state index contributed by atoms with van der Waals surface area (Å²) in [6, 6.07) is 6.00. The minimum absolute atomic E-state index is 0.127. The van der Waals surface area contributed by atoms with Crippen molar-refractivity contribution in [2.45, 2.75) is 32.6 Å². The lowest BCUT2D eigenvalue weighted by Gasteiger charge is -2.18. The van der Waals surface area contributed by atoms with Gasteiger partial charge in [0.1, 0.15) is 4.88 Å². The van der Waals surface area contributed by atoms with Crippen molar-refractivity contribution in [3.05, 3.63) is 34.3 Å². The second-order valence-corrected chi connectivity index (χ2v) is 6.25. The molecule has 0 spiro atoms. The normalized spacial score (nSPS) is 13.7. The van der Waals surface area contributed by atoms with Crippen molar-refractivity contribution in [3.63, 3.8) is 0 Å². The van der Waals surface area contributed by atoms with Gasteiger partial charge in [0, 0.05) is 17.9 Å². The largest absolute Gasteiger partial charge is 0.385 e. The summed E-state index contributed by atoms with van der Waals surface area (Å²) in [4.78, 5) is 13.0. The molecule has 0 aliphatic carbocycles. The molecule has 0 bridgehead atoms. The van der Waals surface area contributed by atoms with Crippen molar-refractivity contribution in [2.75, 3.05) is 17.2 Å². The lowest BCUT2D eigenvalue weighted by atomic mass is 10.0. The first kappa shape index (κ1) is 14.0. The molecule has 21 heavy (non-hydrogen) atoms. The summed E-state index contributed by atoms with van der Waals surface area (Å²) < 4.78 is 3.90. The van der Waals surface area contributed by atoms with E-state index in [9.17, 15) is 4.79 Å². The summed E-state index contributed by atoms with van der Waals surface area (Å²) in [5.41, 5.74) is 4.01. The molecule has 0 fully saturated rings. The Morgan fingerprint density at radius 1 is 1.43 bits per heavy atom. The number of anilines is 2. The number of hydrogen-bond donors (Lipinski definition) is 2. The van der Waals surface area contributed by atoms with Gasteiger partial charge in [-0.2, -0.15) is 0 Å². The number of carbonyl (C=O) groups is 1. The van der Waals surface area contributed by atoms with E-state index in [1.807, 2.05) is 32.0 Å². The molecule has 0 saturated carbocycles. The van der Waals surface area contributed by atoms with E-state index in [4.69, 9.17) is 0 Å². The van der Waals surface area contributed by atoms with Crippen molar-refractivity contribution < 1.29 is 4.79 Å². The van der Waals surface area contributed by atoms with Gasteiger partial charge in [0.25, 0.3) is 5.91 Å². The van der Waals surface area contributed by atoms with Crippen molar-refractivity contribution in [1.29, 1.82) is 0 Å². The number of nitrogens with zero attached hydrogens (tertiary/aromatic N) is 2. The Hall–Kier alpha value is -1.95.